The Morgan fingerprint density at radius 3 is 2.29 bits per heavy atom. The zero-order valence-corrected chi connectivity index (χ0v) is 11.1. The molecule has 3 fully saturated rings. The third-order valence-corrected chi connectivity index (χ3v) is 6.16. The summed E-state index contributed by atoms with van der Waals surface area (Å²) in [7, 11) is 0. The van der Waals surface area contributed by atoms with Crippen LogP contribution in [0.15, 0.2) is 0 Å². The third kappa shape index (κ3) is 1.35. The molecule has 3 aliphatic rings. The van der Waals surface area contributed by atoms with E-state index in [2.05, 4.69) is 20.8 Å². The third-order valence-electron chi connectivity index (χ3n) is 6.16. The van der Waals surface area contributed by atoms with E-state index in [1.165, 1.54) is 12.8 Å². The Bertz CT molecular complexity index is 372. The van der Waals surface area contributed by atoms with Crippen molar-refractivity contribution in [1.29, 1.82) is 0 Å². The second kappa shape index (κ2) is 3.05. The van der Waals surface area contributed by atoms with Crippen LogP contribution in [0.4, 0.5) is 0 Å². The molecule has 2 bridgehead atoms. The molecule has 3 aliphatic carbocycles. The maximum absolute atomic E-state index is 12.0. The standard InChI is InChI=1S/C14H23NO2/c1-12(2)9-4-5-13(12,3)10(8-9)17-11(16)14(15)6-7-14/h9-10H,4-8,15H2,1-3H3. The van der Waals surface area contributed by atoms with Crippen LogP contribution in [0.3, 0.4) is 0 Å². The molecule has 3 saturated carbocycles. The number of carbonyl (C=O) groups excluding carboxylic acids is 1. The molecule has 0 amide bonds. The van der Waals surface area contributed by atoms with Gasteiger partial charge in [0.15, 0.2) is 0 Å². The molecule has 0 aromatic carbocycles. The summed E-state index contributed by atoms with van der Waals surface area (Å²) in [4.78, 5) is 12.0. The lowest BCUT2D eigenvalue weighted by molar-refractivity contribution is -0.159. The molecule has 96 valence electrons. The van der Waals surface area contributed by atoms with E-state index in [4.69, 9.17) is 10.5 Å². The number of carbonyl (C=O) groups is 1. The summed E-state index contributed by atoms with van der Waals surface area (Å²) in [6.07, 6.45) is 5.17. The summed E-state index contributed by atoms with van der Waals surface area (Å²) in [5.41, 5.74) is 5.71. The fraction of sp³-hybridized carbons (Fsp3) is 0.929. The minimum atomic E-state index is -0.637. The van der Waals surface area contributed by atoms with Crippen LogP contribution < -0.4 is 5.73 Å². The highest BCUT2D eigenvalue weighted by molar-refractivity contribution is 5.84. The first-order valence-electron chi connectivity index (χ1n) is 6.80. The highest BCUT2D eigenvalue weighted by Gasteiger charge is 2.63. The monoisotopic (exact) mass is 237 g/mol. The maximum atomic E-state index is 12.0. The lowest BCUT2D eigenvalue weighted by Crippen LogP contribution is -2.43. The Kier molecular flexibility index (Phi) is 2.07. The van der Waals surface area contributed by atoms with E-state index in [0.717, 1.165) is 19.3 Å². The average Bonchev–Trinajstić information content (AvgIpc) is 2.92. The van der Waals surface area contributed by atoms with Gasteiger partial charge < -0.3 is 10.5 Å². The Morgan fingerprint density at radius 1 is 1.24 bits per heavy atom. The number of hydrogen-bond donors (Lipinski definition) is 1. The Hall–Kier alpha value is -0.570. The first kappa shape index (κ1) is 11.5. The molecule has 0 radical (unpaired) electrons. The van der Waals surface area contributed by atoms with Gasteiger partial charge in [0.2, 0.25) is 0 Å². The van der Waals surface area contributed by atoms with Crippen LogP contribution in [0, 0.1) is 16.7 Å². The second-order valence-electron chi connectivity index (χ2n) is 7.16. The van der Waals surface area contributed by atoms with E-state index < -0.39 is 5.54 Å². The number of esters is 1. The lowest BCUT2D eigenvalue weighted by Gasteiger charge is -2.38. The van der Waals surface area contributed by atoms with Crippen molar-refractivity contribution in [3.05, 3.63) is 0 Å². The molecule has 0 aromatic rings. The lowest BCUT2D eigenvalue weighted by atomic mass is 9.70. The van der Waals surface area contributed by atoms with E-state index in [1.807, 2.05) is 0 Å². The summed E-state index contributed by atoms with van der Waals surface area (Å²) < 4.78 is 5.75. The number of rotatable bonds is 2. The van der Waals surface area contributed by atoms with Crippen molar-refractivity contribution >= 4 is 5.97 Å². The van der Waals surface area contributed by atoms with Crippen molar-refractivity contribution in [2.75, 3.05) is 0 Å². The normalized spacial score (nSPS) is 44.7. The number of hydrogen-bond acceptors (Lipinski definition) is 3. The van der Waals surface area contributed by atoms with Gasteiger partial charge in [0.25, 0.3) is 0 Å². The van der Waals surface area contributed by atoms with Crippen molar-refractivity contribution in [3.8, 4) is 0 Å². The zero-order chi connectivity index (χ0) is 12.5. The van der Waals surface area contributed by atoms with Gasteiger partial charge in [0.1, 0.15) is 11.6 Å². The predicted molar refractivity (Wildman–Crippen MR) is 65.3 cm³/mol. The topological polar surface area (TPSA) is 52.3 Å². The summed E-state index contributed by atoms with van der Waals surface area (Å²) >= 11 is 0. The highest BCUT2D eigenvalue weighted by Crippen LogP contribution is 2.66. The van der Waals surface area contributed by atoms with Gasteiger partial charge in [0.05, 0.1) is 0 Å². The molecule has 0 aromatic heterocycles. The predicted octanol–water partition coefficient (Wildman–Crippen LogP) is 2.24. The molecule has 0 spiro atoms. The quantitative estimate of drug-likeness (QED) is 0.749. The zero-order valence-electron chi connectivity index (χ0n) is 11.1. The highest BCUT2D eigenvalue weighted by atomic mass is 16.5. The van der Waals surface area contributed by atoms with Crippen LogP contribution in [-0.2, 0) is 9.53 Å². The molecule has 3 rings (SSSR count). The fourth-order valence-electron chi connectivity index (χ4n) is 3.89. The molecule has 3 atom stereocenters. The molecule has 17 heavy (non-hydrogen) atoms. The molecular weight excluding hydrogens is 214 g/mol. The SMILES string of the molecule is CC1(C)C2CCC1(C)C(OC(=O)C1(N)CC1)C2. The molecular formula is C14H23NO2. The van der Waals surface area contributed by atoms with Crippen molar-refractivity contribution in [2.45, 2.75) is 64.5 Å². The van der Waals surface area contributed by atoms with E-state index in [1.54, 1.807) is 0 Å². The Labute approximate surface area is 103 Å². The Balaban J connectivity index is 1.76. The van der Waals surface area contributed by atoms with Crippen LogP contribution >= 0.6 is 0 Å². The van der Waals surface area contributed by atoms with Gasteiger partial charge in [-0.25, -0.2) is 0 Å². The van der Waals surface area contributed by atoms with Crippen LogP contribution in [0.1, 0.15) is 52.9 Å². The molecule has 0 heterocycles. The van der Waals surface area contributed by atoms with Gasteiger partial charge >= 0.3 is 5.97 Å². The van der Waals surface area contributed by atoms with Gasteiger partial charge in [-0.1, -0.05) is 20.8 Å². The van der Waals surface area contributed by atoms with E-state index in [-0.39, 0.29) is 17.5 Å². The van der Waals surface area contributed by atoms with Crippen molar-refractivity contribution in [3.63, 3.8) is 0 Å². The smallest absolute Gasteiger partial charge is 0.326 e. The summed E-state index contributed by atoms with van der Waals surface area (Å²) in [6.45, 7) is 6.94. The summed E-state index contributed by atoms with van der Waals surface area (Å²) in [5, 5.41) is 0. The number of fused-ring (bicyclic) bond motifs is 2. The molecule has 0 saturated heterocycles. The van der Waals surface area contributed by atoms with Crippen LogP contribution in [0.25, 0.3) is 0 Å². The fourth-order valence-corrected chi connectivity index (χ4v) is 3.89. The van der Waals surface area contributed by atoms with E-state index >= 15 is 0 Å². The largest absolute Gasteiger partial charge is 0.460 e. The minimum Gasteiger partial charge on any atom is -0.460 e. The first-order chi connectivity index (χ1) is 7.80. The summed E-state index contributed by atoms with van der Waals surface area (Å²) in [6, 6.07) is 0. The van der Waals surface area contributed by atoms with E-state index in [9.17, 15) is 4.79 Å². The summed E-state index contributed by atoms with van der Waals surface area (Å²) in [5.74, 6) is 0.547. The van der Waals surface area contributed by atoms with Crippen LogP contribution in [-0.4, -0.2) is 17.6 Å². The van der Waals surface area contributed by atoms with Crippen molar-refractivity contribution in [2.24, 2.45) is 22.5 Å². The van der Waals surface area contributed by atoms with Crippen molar-refractivity contribution < 1.29 is 9.53 Å². The Morgan fingerprint density at radius 2 is 1.88 bits per heavy atom. The minimum absolute atomic E-state index is 0.0878. The molecule has 0 aliphatic heterocycles. The number of ether oxygens (including phenoxy) is 1. The maximum Gasteiger partial charge on any atom is 0.326 e. The van der Waals surface area contributed by atoms with E-state index in [0.29, 0.717) is 11.3 Å². The first-order valence-corrected chi connectivity index (χ1v) is 6.80. The second-order valence-corrected chi connectivity index (χ2v) is 7.16. The van der Waals surface area contributed by atoms with Gasteiger partial charge in [0, 0.05) is 5.41 Å². The molecule has 3 unspecified atom stereocenters. The van der Waals surface area contributed by atoms with Gasteiger partial charge in [-0.05, 0) is 43.4 Å². The molecule has 3 nitrogen and oxygen atoms in total. The molecule has 2 N–H and O–H groups in total. The van der Waals surface area contributed by atoms with Gasteiger partial charge in [-0.15, -0.1) is 0 Å². The van der Waals surface area contributed by atoms with Crippen LogP contribution in [0.5, 0.6) is 0 Å². The molecule has 3 heteroatoms. The number of nitrogens with two attached hydrogens (primary N) is 1. The van der Waals surface area contributed by atoms with Crippen molar-refractivity contribution in [1.82, 2.24) is 0 Å². The van der Waals surface area contributed by atoms with Gasteiger partial charge in [-0.2, -0.15) is 0 Å². The average molecular weight is 237 g/mol. The van der Waals surface area contributed by atoms with Crippen LogP contribution in [0.2, 0.25) is 0 Å². The van der Waals surface area contributed by atoms with Gasteiger partial charge in [-0.3, -0.25) is 4.79 Å².